The van der Waals surface area contributed by atoms with E-state index in [0.29, 0.717) is 42.6 Å². The number of nitrogens with zero attached hydrogens (tertiary/aromatic N) is 4. The number of halogens is 1. The van der Waals surface area contributed by atoms with Gasteiger partial charge in [-0.1, -0.05) is 17.7 Å². The molecule has 2 saturated heterocycles. The van der Waals surface area contributed by atoms with Crippen molar-refractivity contribution in [3.8, 4) is 0 Å². The lowest BCUT2D eigenvalue weighted by molar-refractivity contribution is -0.384. The summed E-state index contributed by atoms with van der Waals surface area (Å²) in [4.78, 5) is 43.3. The van der Waals surface area contributed by atoms with Crippen molar-refractivity contribution >= 4 is 74.8 Å². The zero-order chi connectivity index (χ0) is 28.2. The van der Waals surface area contributed by atoms with Gasteiger partial charge in [-0.15, -0.1) is 11.3 Å². The van der Waals surface area contributed by atoms with Crippen molar-refractivity contribution in [1.29, 1.82) is 0 Å². The number of anilines is 3. The first-order valence-corrected chi connectivity index (χ1v) is 14.5. The summed E-state index contributed by atoms with van der Waals surface area (Å²) in [6.45, 7) is 4.02. The number of carbonyl (C=O) groups is 2. The average molecular weight is 599 g/mol. The van der Waals surface area contributed by atoms with Crippen molar-refractivity contribution in [1.82, 2.24) is 10.2 Å². The van der Waals surface area contributed by atoms with Gasteiger partial charge in [0.25, 0.3) is 17.5 Å². The SMILES string of the molecule is O=C(NC(=S)Nc1ccc(N2CCN(C(=O)c3cccs3)CC2)c(Cl)c1)c1ccc(N2CCCC2)c([N+](=O)[O-])c1. The normalized spacial score (nSPS) is 15.2. The van der Waals surface area contributed by atoms with Crippen LogP contribution >= 0.6 is 35.2 Å². The van der Waals surface area contributed by atoms with E-state index in [9.17, 15) is 19.7 Å². The summed E-state index contributed by atoms with van der Waals surface area (Å²) in [7, 11) is 0. The zero-order valence-corrected chi connectivity index (χ0v) is 23.9. The molecule has 13 heteroatoms. The number of nitrogens with one attached hydrogen (secondary N) is 2. The Labute approximate surface area is 245 Å². The van der Waals surface area contributed by atoms with Crippen LogP contribution in [0.3, 0.4) is 0 Å². The number of hydrogen-bond donors (Lipinski definition) is 2. The number of piperazine rings is 1. The second kappa shape index (κ2) is 12.2. The Bertz CT molecular complexity index is 1440. The van der Waals surface area contributed by atoms with Crippen LogP contribution in [-0.4, -0.2) is 66.0 Å². The van der Waals surface area contributed by atoms with Gasteiger partial charge in [-0.05, 0) is 66.8 Å². The van der Waals surface area contributed by atoms with Gasteiger partial charge in [-0.2, -0.15) is 0 Å². The Morgan fingerprint density at radius 2 is 1.65 bits per heavy atom. The van der Waals surface area contributed by atoms with E-state index in [2.05, 4.69) is 15.5 Å². The summed E-state index contributed by atoms with van der Waals surface area (Å²) in [6.07, 6.45) is 1.97. The number of benzene rings is 2. The molecule has 0 spiro atoms. The highest BCUT2D eigenvalue weighted by Gasteiger charge is 2.25. The Hall–Kier alpha value is -3.74. The number of nitro benzene ring substituents is 1. The standard InChI is InChI=1S/C27H27ClN6O4S2/c28-20-17-19(6-8-21(20)32-11-13-33(14-12-32)26(36)24-4-3-15-40-24)29-27(39)30-25(35)18-5-7-22(23(16-18)34(37)38)31-9-1-2-10-31/h3-8,15-17H,1-2,9-14H2,(H2,29,30,35,39). The number of carbonyl (C=O) groups excluding carboxylic acids is 2. The third-order valence-corrected chi connectivity index (χ3v) is 8.32. The van der Waals surface area contributed by atoms with E-state index in [-0.39, 0.29) is 22.3 Å². The van der Waals surface area contributed by atoms with E-state index >= 15 is 0 Å². The van der Waals surface area contributed by atoms with Crippen molar-refractivity contribution < 1.29 is 14.5 Å². The van der Waals surface area contributed by atoms with Crippen LogP contribution in [0.4, 0.5) is 22.7 Å². The molecule has 2 aromatic carbocycles. The van der Waals surface area contributed by atoms with Crippen LogP contribution < -0.4 is 20.4 Å². The minimum Gasteiger partial charge on any atom is -0.367 e. The minimum absolute atomic E-state index is 0.0424. The number of hydrogen-bond acceptors (Lipinski definition) is 8. The molecule has 208 valence electrons. The van der Waals surface area contributed by atoms with E-state index in [1.807, 2.05) is 33.4 Å². The molecule has 0 atom stereocenters. The van der Waals surface area contributed by atoms with Gasteiger partial charge in [0.05, 0.1) is 20.5 Å². The van der Waals surface area contributed by atoms with Crippen molar-refractivity contribution in [2.45, 2.75) is 12.8 Å². The summed E-state index contributed by atoms with van der Waals surface area (Å²) in [5.74, 6) is -0.501. The summed E-state index contributed by atoms with van der Waals surface area (Å²) in [5.41, 5.74) is 1.98. The van der Waals surface area contributed by atoms with Gasteiger partial charge in [-0.25, -0.2) is 0 Å². The molecule has 1 aromatic heterocycles. The second-order valence-electron chi connectivity index (χ2n) is 9.49. The van der Waals surface area contributed by atoms with Gasteiger partial charge in [0, 0.05) is 56.6 Å². The number of rotatable bonds is 6. The fourth-order valence-corrected chi connectivity index (χ4v) is 6.12. The third-order valence-electron chi connectivity index (χ3n) is 6.95. The Kier molecular flexibility index (Phi) is 8.48. The van der Waals surface area contributed by atoms with E-state index in [1.54, 1.807) is 24.3 Å². The molecule has 2 fully saturated rings. The van der Waals surface area contributed by atoms with Gasteiger partial charge in [-0.3, -0.25) is 25.0 Å². The minimum atomic E-state index is -0.550. The van der Waals surface area contributed by atoms with Crippen LogP contribution in [0.2, 0.25) is 5.02 Å². The summed E-state index contributed by atoms with van der Waals surface area (Å²) in [6, 6.07) is 13.6. The molecule has 2 N–H and O–H groups in total. The van der Waals surface area contributed by atoms with Crippen LogP contribution in [0, 0.1) is 10.1 Å². The molecule has 5 rings (SSSR count). The average Bonchev–Trinajstić information content (AvgIpc) is 3.68. The number of amides is 2. The predicted molar refractivity (Wildman–Crippen MR) is 162 cm³/mol. The summed E-state index contributed by atoms with van der Waals surface area (Å²) in [5, 5.41) is 19.6. The van der Waals surface area contributed by atoms with E-state index in [1.165, 1.54) is 17.4 Å². The second-order valence-corrected chi connectivity index (χ2v) is 11.2. The Morgan fingerprint density at radius 3 is 2.30 bits per heavy atom. The fraction of sp³-hybridized carbons (Fsp3) is 0.296. The largest absolute Gasteiger partial charge is 0.367 e. The maximum Gasteiger partial charge on any atom is 0.293 e. The van der Waals surface area contributed by atoms with E-state index in [4.69, 9.17) is 23.8 Å². The van der Waals surface area contributed by atoms with Gasteiger partial charge in [0.1, 0.15) is 5.69 Å². The number of thiophene rings is 1. The molecule has 10 nitrogen and oxygen atoms in total. The Balaban J connectivity index is 1.17. The van der Waals surface area contributed by atoms with Crippen molar-refractivity contribution in [3.63, 3.8) is 0 Å². The van der Waals surface area contributed by atoms with E-state index in [0.717, 1.165) is 36.5 Å². The maximum atomic E-state index is 12.8. The highest BCUT2D eigenvalue weighted by molar-refractivity contribution is 7.80. The molecule has 0 unspecified atom stereocenters. The lowest BCUT2D eigenvalue weighted by Crippen LogP contribution is -2.48. The topological polar surface area (TPSA) is 111 Å². The number of nitro groups is 1. The molecular weight excluding hydrogens is 572 g/mol. The van der Waals surface area contributed by atoms with Crippen molar-refractivity contribution in [2.75, 3.05) is 54.4 Å². The molecule has 3 aromatic rings. The molecule has 40 heavy (non-hydrogen) atoms. The summed E-state index contributed by atoms with van der Waals surface area (Å²) < 4.78 is 0. The maximum absolute atomic E-state index is 12.8. The first kappa shape index (κ1) is 27.8. The molecule has 3 heterocycles. The highest BCUT2D eigenvalue weighted by Crippen LogP contribution is 2.32. The first-order chi connectivity index (χ1) is 19.3. The molecule has 2 aliphatic heterocycles. The monoisotopic (exact) mass is 598 g/mol. The zero-order valence-electron chi connectivity index (χ0n) is 21.5. The molecular formula is C27H27ClN6O4S2. The van der Waals surface area contributed by atoms with Crippen LogP contribution in [0.15, 0.2) is 53.9 Å². The van der Waals surface area contributed by atoms with Crippen LogP contribution in [0.1, 0.15) is 32.9 Å². The quantitative estimate of drug-likeness (QED) is 0.232. The lowest BCUT2D eigenvalue weighted by atomic mass is 10.1. The van der Waals surface area contributed by atoms with Crippen LogP contribution in [0.25, 0.3) is 0 Å². The van der Waals surface area contributed by atoms with Gasteiger partial charge >= 0.3 is 0 Å². The van der Waals surface area contributed by atoms with Gasteiger partial charge < -0.3 is 20.0 Å². The molecule has 0 aliphatic carbocycles. The van der Waals surface area contributed by atoms with Gasteiger partial charge in [0.2, 0.25) is 0 Å². The Morgan fingerprint density at radius 1 is 0.950 bits per heavy atom. The highest BCUT2D eigenvalue weighted by atomic mass is 35.5. The van der Waals surface area contributed by atoms with Crippen molar-refractivity contribution in [2.24, 2.45) is 0 Å². The number of thiocarbonyl (C=S) groups is 1. The predicted octanol–water partition coefficient (Wildman–Crippen LogP) is 5.00. The van der Waals surface area contributed by atoms with Crippen LogP contribution in [-0.2, 0) is 0 Å². The molecule has 0 radical (unpaired) electrons. The molecule has 0 saturated carbocycles. The smallest absolute Gasteiger partial charge is 0.293 e. The third kappa shape index (κ3) is 6.19. The van der Waals surface area contributed by atoms with Gasteiger partial charge in [0.15, 0.2) is 5.11 Å². The summed E-state index contributed by atoms with van der Waals surface area (Å²) >= 11 is 13.3. The molecule has 2 amide bonds. The lowest BCUT2D eigenvalue weighted by Gasteiger charge is -2.36. The van der Waals surface area contributed by atoms with Crippen molar-refractivity contribution in [3.05, 3.63) is 79.5 Å². The molecule has 0 bridgehead atoms. The van der Waals surface area contributed by atoms with E-state index < -0.39 is 10.8 Å². The first-order valence-electron chi connectivity index (χ1n) is 12.8. The molecule has 2 aliphatic rings. The fourth-order valence-electron chi connectivity index (χ4n) is 4.92. The van der Waals surface area contributed by atoms with Crippen LogP contribution in [0.5, 0.6) is 0 Å².